The zero-order valence-corrected chi connectivity index (χ0v) is 15.2. The number of aliphatic hydroxyl groups excluding tert-OH is 1. The number of fused-ring (bicyclic) bond motifs is 1. The van der Waals surface area contributed by atoms with E-state index in [0.29, 0.717) is 5.69 Å². The van der Waals surface area contributed by atoms with Crippen LogP contribution >= 0.6 is 0 Å². The Kier molecular flexibility index (Phi) is 4.72. The summed E-state index contributed by atoms with van der Waals surface area (Å²) in [6.07, 6.45) is 13.8. The van der Waals surface area contributed by atoms with Crippen molar-refractivity contribution >= 4 is 17.3 Å². The smallest absolute Gasteiger partial charge is 0.0999 e. The lowest BCUT2D eigenvalue weighted by molar-refractivity contribution is 0.190. The molecule has 0 amide bonds. The molecule has 140 valence electrons. The summed E-state index contributed by atoms with van der Waals surface area (Å²) in [4.78, 5) is 8.85. The molecule has 3 heterocycles. The van der Waals surface area contributed by atoms with Gasteiger partial charge in [0.2, 0.25) is 0 Å². The van der Waals surface area contributed by atoms with Gasteiger partial charge in [-0.15, -0.1) is 0 Å². The first-order valence-corrected chi connectivity index (χ1v) is 9.09. The van der Waals surface area contributed by atoms with E-state index in [0.717, 1.165) is 41.6 Å². The molecule has 0 aromatic carbocycles. The summed E-state index contributed by atoms with van der Waals surface area (Å²) < 4.78 is 3.76. The van der Waals surface area contributed by atoms with Gasteiger partial charge in [0.1, 0.15) is 0 Å². The van der Waals surface area contributed by atoms with Crippen molar-refractivity contribution in [3.63, 3.8) is 0 Å². The molecule has 0 saturated heterocycles. The van der Waals surface area contributed by atoms with Crippen LogP contribution in [0, 0.1) is 5.92 Å². The van der Waals surface area contributed by atoms with Crippen molar-refractivity contribution in [3.05, 3.63) is 42.7 Å². The molecule has 3 aromatic heterocycles. The maximum Gasteiger partial charge on any atom is 0.0999 e. The van der Waals surface area contributed by atoms with Crippen LogP contribution in [0.25, 0.3) is 22.3 Å². The largest absolute Gasteiger partial charge is 0.404 e. The molecule has 0 bridgehead atoms. The van der Waals surface area contributed by atoms with Crippen molar-refractivity contribution in [1.82, 2.24) is 24.4 Å². The van der Waals surface area contributed by atoms with E-state index >= 15 is 0 Å². The minimum absolute atomic E-state index is 0.196. The molecule has 8 nitrogen and oxygen atoms in total. The highest BCUT2D eigenvalue weighted by Crippen LogP contribution is 2.36. The number of nitrogens with zero attached hydrogens (tertiary/aromatic N) is 6. The Balaban J connectivity index is 1.78. The summed E-state index contributed by atoms with van der Waals surface area (Å²) in [5.74, 6) is 0.263. The molecular weight excluding hydrogens is 342 g/mol. The monoisotopic (exact) mass is 365 g/mol. The molecule has 0 spiro atoms. The lowest BCUT2D eigenvalue weighted by atomic mass is 10.1. The predicted octanol–water partition coefficient (Wildman–Crippen LogP) is 1.93. The van der Waals surface area contributed by atoms with Crippen molar-refractivity contribution in [1.29, 1.82) is 0 Å². The topological polar surface area (TPSA) is 107 Å². The van der Waals surface area contributed by atoms with Gasteiger partial charge < -0.3 is 10.8 Å². The highest BCUT2D eigenvalue weighted by molar-refractivity contribution is 6.09. The van der Waals surface area contributed by atoms with Crippen molar-refractivity contribution in [2.75, 3.05) is 13.7 Å². The molecule has 1 aliphatic rings. The Bertz CT molecular complexity index is 1000. The van der Waals surface area contributed by atoms with Crippen molar-refractivity contribution in [2.24, 2.45) is 16.6 Å². The number of aromatic nitrogens is 5. The SMILES string of the molecule is CN=CC(=CN)c1cn2nccc2c(-c2cnn(C3CCCC3CO)c2)n1. The number of rotatable bonds is 5. The van der Waals surface area contributed by atoms with Gasteiger partial charge in [0, 0.05) is 49.3 Å². The van der Waals surface area contributed by atoms with Gasteiger partial charge in [0.05, 0.1) is 41.5 Å². The third-order valence-corrected chi connectivity index (χ3v) is 5.20. The molecule has 1 saturated carbocycles. The minimum Gasteiger partial charge on any atom is -0.404 e. The molecular formula is C19H23N7O. The quantitative estimate of drug-likeness (QED) is 0.672. The maximum absolute atomic E-state index is 9.61. The Morgan fingerprint density at radius 2 is 2.26 bits per heavy atom. The number of aliphatic imine (C=N–C) groups is 1. The summed E-state index contributed by atoms with van der Waals surface area (Å²) in [7, 11) is 1.69. The number of hydrogen-bond acceptors (Lipinski definition) is 6. The zero-order valence-electron chi connectivity index (χ0n) is 15.2. The lowest BCUT2D eigenvalue weighted by Gasteiger charge is -2.17. The van der Waals surface area contributed by atoms with E-state index in [1.807, 2.05) is 29.3 Å². The van der Waals surface area contributed by atoms with Crippen LogP contribution in [0.2, 0.25) is 0 Å². The number of aliphatic hydroxyl groups is 1. The summed E-state index contributed by atoms with van der Waals surface area (Å²) in [6, 6.07) is 2.16. The Morgan fingerprint density at radius 1 is 1.37 bits per heavy atom. The first-order valence-electron chi connectivity index (χ1n) is 9.09. The van der Waals surface area contributed by atoms with Gasteiger partial charge in [0.25, 0.3) is 0 Å². The maximum atomic E-state index is 9.61. The first kappa shape index (κ1) is 17.4. The third kappa shape index (κ3) is 3.12. The summed E-state index contributed by atoms with van der Waals surface area (Å²) in [5, 5.41) is 18.5. The lowest BCUT2D eigenvalue weighted by Crippen LogP contribution is -2.17. The van der Waals surface area contributed by atoms with Gasteiger partial charge in [0.15, 0.2) is 0 Å². The molecule has 3 aromatic rings. The molecule has 8 heteroatoms. The van der Waals surface area contributed by atoms with Crippen LogP contribution in [0.4, 0.5) is 0 Å². The average molecular weight is 365 g/mol. The molecule has 2 unspecified atom stereocenters. The fourth-order valence-electron chi connectivity index (χ4n) is 3.83. The van der Waals surface area contributed by atoms with Gasteiger partial charge in [-0.1, -0.05) is 6.42 Å². The van der Waals surface area contributed by atoms with E-state index in [1.54, 1.807) is 24.0 Å². The van der Waals surface area contributed by atoms with Crippen LogP contribution in [-0.2, 0) is 0 Å². The van der Waals surface area contributed by atoms with E-state index in [4.69, 9.17) is 10.7 Å². The van der Waals surface area contributed by atoms with Gasteiger partial charge >= 0.3 is 0 Å². The number of allylic oxidation sites excluding steroid dienone is 1. The van der Waals surface area contributed by atoms with Crippen molar-refractivity contribution in [3.8, 4) is 11.3 Å². The highest BCUT2D eigenvalue weighted by atomic mass is 16.3. The molecule has 1 fully saturated rings. The molecule has 0 radical (unpaired) electrons. The van der Waals surface area contributed by atoms with Crippen LogP contribution in [0.1, 0.15) is 31.0 Å². The van der Waals surface area contributed by atoms with Crippen molar-refractivity contribution < 1.29 is 5.11 Å². The number of nitrogens with two attached hydrogens (primary N) is 1. The number of hydrogen-bond donors (Lipinski definition) is 2. The van der Waals surface area contributed by atoms with E-state index in [2.05, 4.69) is 15.2 Å². The molecule has 2 atom stereocenters. The highest BCUT2D eigenvalue weighted by Gasteiger charge is 2.29. The second-order valence-electron chi connectivity index (χ2n) is 6.80. The van der Waals surface area contributed by atoms with E-state index in [9.17, 15) is 5.11 Å². The van der Waals surface area contributed by atoms with Gasteiger partial charge in [-0.25, -0.2) is 9.50 Å². The third-order valence-electron chi connectivity index (χ3n) is 5.20. The Hall–Kier alpha value is -3.00. The van der Waals surface area contributed by atoms with Crippen LogP contribution in [0.15, 0.2) is 42.0 Å². The summed E-state index contributed by atoms with van der Waals surface area (Å²) >= 11 is 0. The van der Waals surface area contributed by atoms with Gasteiger partial charge in [-0.3, -0.25) is 9.67 Å². The van der Waals surface area contributed by atoms with Crippen LogP contribution in [0.3, 0.4) is 0 Å². The first-order chi connectivity index (χ1) is 13.2. The summed E-state index contributed by atoms with van der Waals surface area (Å²) in [5.41, 5.74) is 9.77. The van der Waals surface area contributed by atoms with E-state index < -0.39 is 0 Å². The second-order valence-corrected chi connectivity index (χ2v) is 6.80. The normalized spacial score (nSPS) is 20.9. The molecule has 1 aliphatic carbocycles. The second kappa shape index (κ2) is 7.32. The zero-order chi connectivity index (χ0) is 18.8. The fraction of sp³-hybridized carbons (Fsp3) is 0.368. The van der Waals surface area contributed by atoms with Gasteiger partial charge in [-0.2, -0.15) is 10.2 Å². The fourth-order valence-corrected chi connectivity index (χ4v) is 3.83. The average Bonchev–Trinajstić information content (AvgIpc) is 3.44. The van der Waals surface area contributed by atoms with E-state index in [1.165, 1.54) is 6.20 Å². The molecule has 0 aliphatic heterocycles. The molecule has 27 heavy (non-hydrogen) atoms. The summed E-state index contributed by atoms with van der Waals surface area (Å²) in [6.45, 7) is 0.196. The molecule has 4 rings (SSSR count). The minimum atomic E-state index is 0.196. The van der Waals surface area contributed by atoms with Crippen LogP contribution in [-0.4, -0.2) is 49.4 Å². The Labute approximate surface area is 157 Å². The standard InChI is InChI=1S/C19H23N7O/c1-21-8-14(7-20)16-11-26-18(5-6-22-26)19(24-16)15-9-23-25(10-15)17-4-2-3-13(17)12-27/h5-11,13,17,27H,2-4,12,20H2,1H3. The van der Waals surface area contributed by atoms with Crippen LogP contribution in [0.5, 0.6) is 0 Å². The Morgan fingerprint density at radius 3 is 3.04 bits per heavy atom. The molecule has 3 N–H and O–H groups in total. The van der Waals surface area contributed by atoms with Crippen LogP contribution < -0.4 is 5.73 Å². The van der Waals surface area contributed by atoms with Crippen molar-refractivity contribution in [2.45, 2.75) is 25.3 Å². The predicted molar refractivity (Wildman–Crippen MR) is 104 cm³/mol. The van der Waals surface area contributed by atoms with E-state index in [-0.39, 0.29) is 18.6 Å². The van der Waals surface area contributed by atoms with Gasteiger partial charge in [-0.05, 0) is 18.9 Å².